The molecule has 0 bridgehead atoms. The number of aliphatic hydroxyl groups is 1. The van der Waals surface area contributed by atoms with Crippen LogP contribution in [0.5, 0.6) is 0 Å². The minimum atomic E-state index is -1.66. The number of piperazine rings is 1. The Kier molecular flexibility index (Phi) is 35.4. The second-order valence-corrected chi connectivity index (χ2v) is 29.3. The maximum Gasteiger partial charge on any atom is 0.248 e. The summed E-state index contributed by atoms with van der Waals surface area (Å²) in [7, 11) is 11.8. The van der Waals surface area contributed by atoms with Crippen LogP contribution in [0.25, 0.3) is 0 Å². The first-order valence-electron chi connectivity index (χ1n) is 34.9. The number of amides is 12. The van der Waals surface area contributed by atoms with E-state index in [-0.39, 0.29) is 69.0 Å². The Hall–Kier alpha value is -6.74. The molecule has 554 valence electrons. The van der Waals surface area contributed by atoms with Gasteiger partial charge >= 0.3 is 0 Å². The molecule has 97 heavy (non-hydrogen) atoms. The monoisotopic (exact) mass is 1370 g/mol. The lowest BCUT2D eigenvalue weighted by Gasteiger charge is -2.41. The van der Waals surface area contributed by atoms with E-state index >= 15 is 28.8 Å². The number of carbonyl (C=O) groups excluding carboxylic acids is 12. The molecule has 0 aromatic heterocycles. The molecule has 0 aliphatic carbocycles. The number of hydrogen-bond acceptors (Lipinski definition) is 15. The van der Waals surface area contributed by atoms with Crippen molar-refractivity contribution in [3.05, 3.63) is 12.2 Å². The average Bonchev–Trinajstić information content (AvgIpc) is 0.807. The van der Waals surface area contributed by atoms with Gasteiger partial charge in [0.15, 0.2) is 0 Å². The Morgan fingerprint density at radius 1 is 0.505 bits per heavy atom. The quantitative estimate of drug-likeness (QED) is 0.116. The van der Waals surface area contributed by atoms with Gasteiger partial charge in [0.25, 0.3) is 0 Å². The highest BCUT2D eigenvalue weighted by Crippen LogP contribution is 2.26. The van der Waals surface area contributed by atoms with E-state index in [4.69, 9.17) is 4.74 Å². The molecule has 2 heterocycles. The molecular formula is C70H125N13O14. The van der Waals surface area contributed by atoms with Gasteiger partial charge in [0, 0.05) is 81.4 Å². The van der Waals surface area contributed by atoms with Crippen molar-refractivity contribution in [1.29, 1.82) is 0 Å². The maximum atomic E-state index is 15.3. The van der Waals surface area contributed by atoms with E-state index in [1.54, 1.807) is 72.4 Å². The van der Waals surface area contributed by atoms with Crippen molar-refractivity contribution >= 4 is 70.9 Å². The molecule has 5 N–H and O–H groups in total. The Labute approximate surface area is 579 Å². The van der Waals surface area contributed by atoms with Crippen LogP contribution in [0.15, 0.2) is 12.2 Å². The fraction of sp³-hybridized carbons (Fsp3) is 0.800. The molecule has 12 amide bonds. The van der Waals surface area contributed by atoms with Crippen molar-refractivity contribution in [2.24, 2.45) is 41.4 Å². The molecule has 2 aliphatic heterocycles. The van der Waals surface area contributed by atoms with Gasteiger partial charge < -0.3 is 75.2 Å². The zero-order valence-electron chi connectivity index (χ0n) is 63.4. The summed E-state index contributed by atoms with van der Waals surface area (Å²) in [6.07, 6.45) is 3.08. The lowest BCUT2D eigenvalue weighted by molar-refractivity contribution is -0.157. The van der Waals surface area contributed by atoms with Gasteiger partial charge in [-0.2, -0.15) is 0 Å². The molecule has 27 nitrogen and oxygen atoms in total. The normalized spacial score (nSPS) is 27.2. The smallest absolute Gasteiger partial charge is 0.248 e. The van der Waals surface area contributed by atoms with Crippen LogP contribution in [-0.4, -0.2) is 288 Å². The highest BCUT2D eigenvalue weighted by Gasteiger charge is 2.47. The van der Waals surface area contributed by atoms with E-state index in [1.807, 2.05) is 48.6 Å². The molecule has 2 saturated heterocycles. The van der Waals surface area contributed by atoms with Crippen molar-refractivity contribution in [3.63, 3.8) is 0 Å². The van der Waals surface area contributed by atoms with Gasteiger partial charge in [-0.05, 0) is 102 Å². The van der Waals surface area contributed by atoms with Crippen molar-refractivity contribution < 1.29 is 67.4 Å². The molecule has 0 aromatic carbocycles. The number of nitrogens with zero attached hydrogens (tertiary/aromatic N) is 9. The van der Waals surface area contributed by atoms with E-state index in [0.29, 0.717) is 32.6 Å². The maximum absolute atomic E-state index is 15.3. The first-order valence-corrected chi connectivity index (χ1v) is 34.9. The molecule has 0 saturated carbocycles. The number of aliphatic hydroxyl groups excluding tert-OH is 1. The van der Waals surface area contributed by atoms with Crippen LogP contribution in [0.4, 0.5) is 0 Å². The Morgan fingerprint density at radius 3 is 1.46 bits per heavy atom. The fourth-order valence-electron chi connectivity index (χ4n) is 12.6. The molecule has 2 rings (SSSR count). The Bertz CT molecular complexity index is 2700. The van der Waals surface area contributed by atoms with Gasteiger partial charge in [-0.25, -0.2) is 0 Å². The molecular weight excluding hydrogens is 1250 g/mol. The predicted molar refractivity (Wildman–Crippen MR) is 372 cm³/mol. The molecule has 14 atom stereocenters. The van der Waals surface area contributed by atoms with Gasteiger partial charge in [-0.1, -0.05) is 109 Å². The lowest BCUT2D eigenvalue weighted by atomic mass is 9.91. The third-order valence-corrected chi connectivity index (χ3v) is 19.0. The molecule has 0 aromatic rings. The fourth-order valence-corrected chi connectivity index (χ4v) is 12.6. The molecule has 0 radical (unpaired) electrons. The summed E-state index contributed by atoms with van der Waals surface area (Å²) in [5.74, 6) is -11.5. The number of nitrogens with one attached hydrogen (secondary N) is 4. The summed E-state index contributed by atoms with van der Waals surface area (Å²) in [5.41, 5.74) is 0. The van der Waals surface area contributed by atoms with Crippen molar-refractivity contribution in [2.45, 2.75) is 229 Å². The molecule has 2 fully saturated rings. The van der Waals surface area contributed by atoms with Crippen LogP contribution in [-0.2, 0) is 62.3 Å². The third kappa shape index (κ3) is 24.0. The largest absolute Gasteiger partial charge is 0.390 e. The first kappa shape index (κ1) is 86.3. The van der Waals surface area contributed by atoms with Crippen molar-refractivity contribution in [2.75, 3.05) is 95.8 Å². The molecule has 0 unspecified atom stereocenters. The summed E-state index contributed by atoms with van der Waals surface area (Å²) < 4.78 is 5.99. The SMILES string of the molecule is C/C=C/C[C@@H](C)[C@@H](O)[C@H]1C(=O)N[C@@H](CCC)C(=O)N(C)[C@H](C)C(=O)N(C)[C@@H]([C@H](C)COCC(=O)N2CCN(C)CC2)C(=O)N[C@@H](C(C)C)C(=O)N(C)[C@@H](CC(C)C)C(=O)N[C@@H](C)C(=O)N[C@H](C)C(=O)N(C)[C@@H](CC(C)C)C(=O)N(C)[C@@H](CC(C)C)C(=O)N(C)[C@@H](C(C)C)C(=O)N1C. The molecule has 0 spiro atoms. The van der Waals surface area contributed by atoms with Crippen LogP contribution < -0.4 is 21.3 Å². The Morgan fingerprint density at radius 2 is 0.969 bits per heavy atom. The van der Waals surface area contributed by atoms with Gasteiger partial charge in [-0.15, -0.1) is 0 Å². The van der Waals surface area contributed by atoms with Crippen LogP contribution in [0.3, 0.4) is 0 Å². The molecule has 27 heteroatoms. The predicted octanol–water partition coefficient (Wildman–Crippen LogP) is 2.43. The zero-order chi connectivity index (χ0) is 74.5. The second kappa shape index (κ2) is 39.7. The number of rotatable bonds is 19. The first-order chi connectivity index (χ1) is 45.0. The van der Waals surface area contributed by atoms with Crippen molar-refractivity contribution in [1.82, 2.24) is 65.4 Å². The van der Waals surface area contributed by atoms with E-state index in [0.717, 1.165) is 14.7 Å². The van der Waals surface area contributed by atoms with E-state index < -0.39 is 161 Å². The average molecular weight is 1370 g/mol. The lowest BCUT2D eigenvalue weighted by Crippen LogP contribution is -2.64. The standard InChI is InChI=1S/C70H125N13O14/c1-26-28-30-45(13)59(85)58-63(89)73-50(29-27-2)66(92)76(19)49(17)65(91)81(24)57(46(14)38-97-39-54(84)83-33-31-75(18)32-34-83)62(88)74-55(43(9)10)69(95)77(20)51(35-40(3)4)61(87)71-47(15)60(86)72-48(16)64(90)78(21)52(36-41(5)6)67(93)79(22)53(37-42(7)8)68(94)80(23)56(44(11)12)70(96)82(58)25/h26,28,40-53,55-59,85H,27,29-39H2,1-25H3,(H,71,87)(H,72,86)(H,73,89)(H,74,88)/b28-26+/t45-,46-,47+,48-,49-,50+,51+,52+,53+,55+,56+,57+,58+,59-/m1/s1. The van der Waals surface area contributed by atoms with Gasteiger partial charge in [0.05, 0.1) is 12.7 Å². The number of carbonyl (C=O) groups is 12. The van der Waals surface area contributed by atoms with Crippen molar-refractivity contribution in [3.8, 4) is 0 Å². The highest BCUT2D eigenvalue weighted by atomic mass is 16.5. The zero-order valence-corrected chi connectivity index (χ0v) is 63.4. The van der Waals surface area contributed by atoms with E-state index in [9.17, 15) is 33.9 Å². The van der Waals surface area contributed by atoms with Crippen LogP contribution in [0.1, 0.15) is 156 Å². The minimum Gasteiger partial charge on any atom is -0.390 e. The van der Waals surface area contributed by atoms with Gasteiger partial charge in [-0.3, -0.25) is 57.5 Å². The number of ether oxygens (including phenoxy) is 1. The van der Waals surface area contributed by atoms with Crippen LogP contribution >= 0.6 is 0 Å². The second-order valence-electron chi connectivity index (χ2n) is 29.3. The van der Waals surface area contributed by atoms with Crippen LogP contribution in [0, 0.1) is 41.4 Å². The summed E-state index contributed by atoms with van der Waals surface area (Å²) in [6, 6.07) is -14.4. The number of likely N-dealkylation sites (N-methyl/N-ethyl adjacent to an activating group) is 8. The summed E-state index contributed by atoms with van der Waals surface area (Å²) in [4.78, 5) is 189. The van der Waals surface area contributed by atoms with Crippen LogP contribution in [0.2, 0.25) is 0 Å². The van der Waals surface area contributed by atoms with E-state index in [2.05, 4.69) is 26.2 Å². The molecule has 2 aliphatic rings. The van der Waals surface area contributed by atoms with Gasteiger partial charge in [0.2, 0.25) is 70.9 Å². The Balaban J connectivity index is 3.06. The van der Waals surface area contributed by atoms with E-state index in [1.165, 1.54) is 89.7 Å². The summed E-state index contributed by atoms with van der Waals surface area (Å²) in [5, 5.41) is 23.4. The number of allylic oxidation sites excluding steroid dienone is 2. The highest BCUT2D eigenvalue weighted by molar-refractivity contribution is 6.00. The summed E-state index contributed by atoms with van der Waals surface area (Å²) >= 11 is 0. The van der Waals surface area contributed by atoms with Gasteiger partial charge in [0.1, 0.15) is 73.1 Å². The minimum absolute atomic E-state index is 0.0373. The topological polar surface area (TPSA) is 312 Å². The number of hydrogen-bond donors (Lipinski definition) is 5. The summed E-state index contributed by atoms with van der Waals surface area (Å²) in [6.45, 7) is 31.0. The third-order valence-electron chi connectivity index (χ3n) is 19.0.